The van der Waals surface area contributed by atoms with Crippen molar-refractivity contribution in [2.24, 2.45) is 0 Å². The summed E-state index contributed by atoms with van der Waals surface area (Å²) in [5.74, 6) is 0.683. The molecule has 6 heteroatoms. The van der Waals surface area contributed by atoms with Crippen LogP contribution in [-0.2, 0) is 10.0 Å². The molecule has 1 aromatic carbocycles. The molecule has 2 rings (SSSR count). The Balaban J connectivity index is 1.97. The number of rotatable bonds is 7. The molecule has 1 saturated heterocycles. The van der Waals surface area contributed by atoms with E-state index in [0.717, 1.165) is 26.1 Å². The zero-order valence-electron chi connectivity index (χ0n) is 13.7. The van der Waals surface area contributed by atoms with Gasteiger partial charge in [0.05, 0.1) is 12.0 Å². The van der Waals surface area contributed by atoms with E-state index in [9.17, 15) is 8.42 Å². The fraction of sp³-hybridized carbons (Fsp3) is 0.625. The summed E-state index contributed by atoms with van der Waals surface area (Å²) in [6, 6.07) is 3.51. The number of ether oxygens (including phenoxy) is 1. The van der Waals surface area contributed by atoms with Gasteiger partial charge in [-0.3, -0.25) is 0 Å². The van der Waals surface area contributed by atoms with E-state index in [1.807, 2.05) is 0 Å². The standard InChI is InChI=1S/C16H26N2O3S/c1-13-11-15(21-3)12-14(2)16(13)22(19,20)17-7-6-10-18-8-4-5-9-18/h11-12,17H,4-10H2,1-3H3. The van der Waals surface area contributed by atoms with E-state index >= 15 is 0 Å². The molecule has 0 amide bonds. The summed E-state index contributed by atoms with van der Waals surface area (Å²) in [5.41, 5.74) is 1.42. The predicted octanol–water partition coefficient (Wildman–Crippen LogP) is 2.08. The van der Waals surface area contributed by atoms with Gasteiger partial charge in [-0.2, -0.15) is 0 Å². The van der Waals surface area contributed by atoms with E-state index < -0.39 is 10.0 Å². The van der Waals surface area contributed by atoms with Gasteiger partial charge in [-0.05, 0) is 76.0 Å². The topological polar surface area (TPSA) is 58.6 Å². The fourth-order valence-corrected chi connectivity index (χ4v) is 4.56. The van der Waals surface area contributed by atoms with Crippen molar-refractivity contribution < 1.29 is 13.2 Å². The van der Waals surface area contributed by atoms with Crippen LogP contribution in [0.15, 0.2) is 17.0 Å². The molecule has 0 atom stereocenters. The summed E-state index contributed by atoms with van der Waals surface area (Å²) in [6.45, 7) is 7.32. The van der Waals surface area contributed by atoms with Crippen molar-refractivity contribution in [3.8, 4) is 5.75 Å². The summed E-state index contributed by atoms with van der Waals surface area (Å²) in [6.07, 6.45) is 3.36. The number of hydrogen-bond donors (Lipinski definition) is 1. The number of sulfonamides is 1. The molecule has 5 nitrogen and oxygen atoms in total. The summed E-state index contributed by atoms with van der Waals surface area (Å²) in [4.78, 5) is 2.76. The normalized spacial score (nSPS) is 16.1. The number of methoxy groups -OCH3 is 1. The number of aryl methyl sites for hydroxylation is 2. The Morgan fingerprint density at radius 3 is 2.32 bits per heavy atom. The number of benzene rings is 1. The molecule has 1 aliphatic heterocycles. The van der Waals surface area contributed by atoms with Crippen LogP contribution in [0.3, 0.4) is 0 Å². The minimum Gasteiger partial charge on any atom is -0.497 e. The third kappa shape index (κ3) is 4.21. The largest absolute Gasteiger partial charge is 0.497 e. The molecule has 0 bridgehead atoms. The van der Waals surface area contributed by atoms with Crippen molar-refractivity contribution in [1.82, 2.24) is 9.62 Å². The second kappa shape index (κ2) is 7.44. The average Bonchev–Trinajstić information content (AvgIpc) is 2.95. The number of nitrogens with one attached hydrogen (secondary N) is 1. The van der Waals surface area contributed by atoms with Crippen LogP contribution in [-0.4, -0.2) is 46.6 Å². The van der Waals surface area contributed by atoms with Gasteiger partial charge in [0, 0.05) is 6.54 Å². The fourth-order valence-electron chi connectivity index (χ4n) is 3.04. The van der Waals surface area contributed by atoms with E-state index in [-0.39, 0.29) is 0 Å². The maximum Gasteiger partial charge on any atom is 0.241 e. The van der Waals surface area contributed by atoms with E-state index in [1.54, 1.807) is 33.1 Å². The summed E-state index contributed by atoms with van der Waals surface area (Å²) in [7, 11) is -1.88. The van der Waals surface area contributed by atoms with E-state index in [1.165, 1.54) is 12.8 Å². The Labute approximate surface area is 133 Å². The molecule has 0 saturated carbocycles. The van der Waals surface area contributed by atoms with Crippen LogP contribution in [0.2, 0.25) is 0 Å². The molecule has 1 aliphatic rings. The van der Waals surface area contributed by atoms with Crippen LogP contribution in [0.4, 0.5) is 0 Å². The highest BCUT2D eigenvalue weighted by atomic mass is 32.2. The lowest BCUT2D eigenvalue weighted by Crippen LogP contribution is -2.29. The van der Waals surface area contributed by atoms with Gasteiger partial charge >= 0.3 is 0 Å². The van der Waals surface area contributed by atoms with Crippen LogP contribution in [0.25, 0.3) is 0 Å². The molecule has 1 aromatic rings. The molecule has 0 radical (unpaired) electrons. The third-order valence-corrected chi connectivity index (χ3v) is 5.85. The highest BCUT2D eigenvalue weighted by molar-refractivity contribution is 7.89. The summed E-state index contributed by atoms with van der Waals surface area (Å²) < 4.78 is 32.9. The molecule has 0 aromatic heterocycles. The number of hydrogen-bond acceptors (Lipinski definition) is 4. The summed E-state index contributed by atoms with van der Waals surface area (Å²) >= 11 is 0. The lowest BCUT2D eigenvalue weighted by atomic mass is 10.1. The maximum atomic E-state index is 12.5. The molecule has 0 unspecified atom stereocenters. The van der Waals surface area contributed by atoms with Crippen molar-refractivity contribution >= 4 is 10.0 Å². The van der Waals surface area contributed by atoms with Crippen LogP contribution >= 0.6 is 0 Å². The van der Waals surface area contributed by atoms with Crippen molar-refractivity contribution in [1.29, 1.82) is 0 Å². The zero-order valence-corrected chi connectivity index (χ0v) is 14.5. The Kier molecular flexibility index (Phi) is 5.83. The molecule has 1 fully saturated rings. The minimum absolute atomic E-state index is 0.370. The van der Waals surface area contributed by atoms with Crippen LogP contribution in [0.1, 0.15) is 30.4 Å². The maximum absolute atomic E-state index is 12.5. The lowest BCUT2D eigenvalue weighted by Gasteiger charge is -2.16. The monoisotopic (exact) mass is 326 g/mol. The van der Waals surface area contributed by atoms with E-state index in [2.05, 4.69) is 9.62 Å². The number of likely N-dealkylation sites (tertiary alicyclic amines) is 1. The molecule has 1 heterocycles. The first-order chi connectivity index (χ1) is 10.4. The highest BCUT2D eigenvalue weighted by Gasteiger charge is 2.20. The van der Waals surface area contributed by atoms with Crippen molar-refractivity contribution in [3.63, 3.8) is 0 Å². The Hall–Kier alpha value is -1.11. The highest BCUT2D eigenvalue weighted by Crippen LogP contribution is 2.25. The molecule has 124 valence electrons. The lowest BCUT2D eigenvalue weighted by molar-refractivity contribution is 0.334. The zero-order chi connectivity index (χ0) is 16.2. The predicted molar refractivity (Wildman–Crippen MR) is 87.9 cm³/mol. The van der Waals surface area contributed by atoms with Crippen LogP contribution in [0.5, 0.6) is 5.75 Å². The van der Waals surface area contributed by atoms with Crippen LogP contribution < -0.4 is 9.46 Å². The first-order valence-electron chi connectivity index (χ1n) is 7.81. The molecular formula is C16H26N2O3S. The molecule has 22 heavy (non-hydrogen) atoms. The van der Waals surface area contributed by atoms with E-state index in [4.69, 9.17) is 4.74 Å². The summed E-state index contributed by atoms with van der Waals surface area (Å²) in [5, 5.41) is 0. The van der Waals surface area contributed by atoms with Crippen molar-refractivity contribution in [2.45, 2.75) is 38.0 Å². The van der Waals surface area contributed by atoms with Gasteiger partial charge in [0.2, 0.25) is 10.0 Å². The van der Waals surface area contributed by atoms with Gasteiger partial charge in [0.15, 0.2) is 0 Å². The Bertz CT molecular complexity index is 585. The van der Waals surface area contributed by atoms with Gasteiger partial charge in [0.1, 0.15) is 5.75 Å². The molecule has 0 spiro atoms. The Morgan fingerprint density at radius 1 is 1.18 bits per heavy atom. The quantitative estimate of drug-likeness (QED) is 0.780. The smallest absolute Gasteiger partial charge is 0.241 e. The van der Waals surface area contributed by atoms with Gasteiger partial charge in [-0.1, -0.05) is 0 Å². The minimum atomic E-state index is -3.47. The van der Waals surface area contributed by atoms with Crippen molar-refractivity contribution in [2.75, 3.05) is 33.3 Å². The van der Waals surface area contributed by atoms with Crippen LogP contribution in [0, 0.1) is 13.8 Å². The Morgan fingerprint density at radius 2 is 1.77 bits per heavy atom. The van der Waals surface area contributed by atoms with Crippen molar-refractivity contribution in [3.05, 3.63) is 23.3 Å². The van der Waals surface area contributed by atoms with Gasteiger partial charge in [-0.15, -0.1) is 0 Å². The molecule has 1 N–H and O–H groups in total. The first kappa shape index (κ1) is 17.2. The SMILES string of the molecule is COc1cc(C)c(S(=O)(=O)NCCCN2CCCC2)c(C)c1. The first-order valence-corrected chi connectivity index (χ1v) is 9.29. The second-order valence-electron chi connectivity index (χ2n) is 5.89. The van der Waals surface area contributed by atoms with Gasteiger partial charge in [-0.25, -0.2) is 13.1 Å². The molecule has 0 aliphatic carbocycles. The second-order valence-corrected chi connectivity index (χ2v) is 7.59. The average molecular weight is 326 g/mol. The molecular weight excluding hydrogens is 300 g/mol. The van der Waals surface area contributed by atoms with E-state index in [0.29, 0.717) is 28.3 Å². The van der Waals surface area contributed by atoms with Gasteiger partial charge in [0.25, 0.3) is 0 Å². The third-order valence-electron chi connectivity index (χ3n) is 4.08. The number of nitrogens with zero attached hydrogens (tertiary/aromatic N) is 1. The van der Waals surface area contributed by atoms with Gasteiger partial charge < -0.3 is 9.64 Å².